The predicted molar refractivity (Wildman–Crippen MR) is 60.6 cm³/mol. The van der Waals surface area contributed by atoms with Crippen LogP contribution in [0.25, 0.3) is 0 Å². The zero-order valence-electron chi connectivity index (χ0n) is 7.90. The Labute approximate surface area is 91.1 Å². The molecule has 3 nitrogen and oxygen atoms in total. The molecule has 1 atom stereocenters. The van der Waals surface area contributed by atoms with Crippen LogP contribution in [0.5, 0.6) is 0 Å². The summed E-state index contributed by atoms with van der Waals surface area (Å²) >= 11 is 2.84. The van der Waals surface area contributed by atoms with Gasteiger partial charge in [0.05, 0.1) is 10.8 Å². The van der Waals surface area contributed by atoms with Crippen LogP contribution >= 0.6 is 23.1 Å². The molecule has 1 N–H and O–H groups in total. The van der Waals surface area contributed by atoms with Gasteiger partial charge in [-0.05, 0) is 24.6 Å². The van der Waals surface area contributed by atoms with E-state index in [0.29, 0.717) is 10.6 Å². The predicted octanol–water partition coefficient (Wildman–Crippen LogP) is 2.31. The Balaban J connectivity index is 2.70. The van der Waals surface area contributed by atoms with Crippen molar-refractivity contribution >= 4 is 34.0 Å². The smallest absolute Gasteiger partial charge is 0.237 e. The fourth-order valence-electron chi connectivity index (χ4n) is 0.815. The number of rotatable bonds is 3. The number of carbonyl (C=O) groups excluding carboxylic acids is 1. The van der Waals surface area contributed by atoms with Crippen molar-refractivity contribution in [3.8, 4) is 6.07 Å². The molecular formula is C9H10N2OS2. The molecule has 1 aromatic heterocycles. The minimum Gasteiger partial charge on any atom is -0.316 e. The van der Waals surface area contributed by atoms with Crippen molar-refractivity contribution in [2.45, 2.75) is 12.2 Å². The highest BCUT2D eigenvalue weighted by atomic mass is 32.2. The summed E-state index contributed by atoms with van der Waals surface area (Å²) in [5, 5.41) is 13.8. The van der Waals surface area contributed by atoms with Crippen LogP contribution in [-0.2, 0) is 4.79 Å². The van der Waals surface area contributed by atoms with E-state index >= 15 is 0 Å². The van der Waals surface area contributed by atoms with Crippen LogP contribution < -0.4 is 5.32 Å². The molecule has 14 heavy (non-hydrogen) atoms. The van der Waals surface area contributed by atoms with Gasteiger partial charge in [-0.25, -0.2) is 0 Å². The lowest BCUT2D eigenvalue weighted by Crippen LogP contribution is -2.21. The van der Waals surface area contributed by atoms with Crippen LogP contribution in [0.1, 0.15) is 12.5 Å². The Hall–Kier alpha value is -0.990. The van der Waals surface area contributed by atoms with E-state index in [-0.39, 0.29) is 11.2 Å². The zero-order valence-corrected chi connectivity index (χ0v) is 9.54. The first-order chi connectivity index (χ1) is 6.69. The average Bonchev–Trinajstić information content (AvgIpc) is 2.63. The monoisotopic (exact) mass is 226 g/mol. The van der Waals surface area contributed by atoms with Gasteiger partial charge in [0.25, 0.3) is 0 Å². The van der Waals surface area contributed by atoms with E-state index in [1.165, 1.54) is 23.1 Å². The van der Waals surface area contributed by atoms with Crippen molar-refractivity contribution in [2.75, 3.05) is 11.6 Å². The average molecular weight is 226 g/mol. The van der Waals surface area contributed by atoms with Crippen molar-refractivity contribution in [1.82, 2.24) is 0 Å². The summed E-state index contributed by atoms with van der Waals surface area (Å²) in [5.74, 6) is -0.0588. The van der Waals surface area contributed by atoms with Gasteiger partial charge in [0.2, 0.25) is 5.91 Å². The molecule has 0 aromatic carbocycles. The molecule has 5 heteroatoms. The molecule has 0 bridgehead atoms. The lowest BCUT2D eigenvalue weighted by atomic mass is 10.3. The van der Waals surface area contributed by atoms with E-state index in [1.54, 1.807) is 11.4 Å². The number of nitrogens with zero attached hydrogens (tertiary/aromatic N) is 1. The third-order valence-electron chi connectivity index (χ3n) is 1.75. The van der Waals surface area contributed by atoms with Gasteiger partial charge in [-0.1, -0.05) is 0 Å². The van der Waals surface area contributed by atoms with Gasteiger partial charge < -0.3 is 5.32 Å². The molecule has 1 rings (SSSR count). The number of nitrogens with one attached hydrogen (secondary N) is 1. The van der Waals surface area contributed by atoms with Crippen molar-refractivity contribution in [1.29, 1.82) is 5.26 Å². The maximum atomic E-state index is 11.5. The Bertz CT molecular complexity index is 367. The number of thioether (sulfide) groups is 1. The molecule has 74 valence electrons. The van der Waals surface area contributed by atoms with Crippen molar-refractivity contribution in [3.05, 3.63) is 17.0 Å². The SMILES string of the molecule is CSC(C)C(=O)Nc1sccc1C#N. The zero-order chi connectivity index (χ0) is 10.6. The molecule has 0 aliphatic heterocycles. The Kier molecular flexibility index (Phi) is 3.98. The molecule has 1 unspecified atom stereocenters. The molecule has 0 fully saturated rings. The highest BCUT2D eigenvalue weighted by molar-refractivity contribution is 7.99. The first-order valence-corrected chi connectivity index (χ1v) is 6.17. The molecular weight excluding hydrogens is 216 g/mol. The molecule has 0 aliphatic rings. The number of anilines is 1. The third-order valence-corrected chi connectivity index (χ3v) is 3.50. The lowest BCUT2D eigenvalue weighted by molar-refractivity contribution is -0.115. The van der Waals surface area contributed by atoms with Gasteiger partial charge in [0.15, 0.2) is 0 Å². The summed E-state index contributed by atoms with van der Waals surface area (Å²) in [6, 6.07) is 3.73. The maximum absolute atomic E-state index is 11.5. The van der Waals surface area contributed by atoms with E-state index in [2.05, 4.69) is 5.32 Å². The number of nitriles is 1. The number of hydrogen-bond acceptors (Lipinski definition) is 4. The van der Waals surface area contributed by atoms with Gasteiger partial charge in [-0.15, -0.1) is 11.3 Å². The number of carbonyl (C=O) groups is 1. The van der Waals surface area contributed by atoms with Gasteiger partial charge in [-0.3, -0.25) is 4.79 Å². The molecule has 0 saturated heterocycles. The maximum Gasteiger partial charge on any atom is 0.237 e. The van der Waals surface area contributed by atoms with E-state index in [9.17, 15) is 4.79 Å². The second-order valence-electron chi connectivity index (χ2n) is 2.64. The molecule has 1 aromatic rings. The fourth-order valence-corrected chi connectivity index (χ4v) is 1.83. The van der Waals surface area contributed by atoms with Crippen LogP contribution in [0.4, 0.5) is 5.00 Å². The Morgan fingerprint density at radius 1 is 1.79 bits per heavy atom. The summed E-state index contributed by atoms with van der Waals surface area (Å²) in [6.07, 6.45) is 1.88. The number of thiophene rings is 1. The highest BCUT2D eigenvalue weighted by Gasteiger charge is 2.13. The topological polar surface area (TPSA) is 52.9 Å². The summed E-state index contributed by atoms with van der Waals surface area (Å²) in [7, 11) is 0. The summed E-state index contributed by atoms with van der Waals surface area (Å²) in [6.45, 7) is 1.83. The fraction of sp³-hybridized carbons (Fsp3) is 0.333. The highest BCUT2D eigenvalue weighted by Crippen LogP contribution is 2.23. The van der Waals surface area contributed by atoms with E-state index in [1.807, 2.05) is 19.2 Å². The first kappa shape index (κ1) is 11.1. The van der Waals surface area contributed by atoms with Crippen molar-refractivity contribution in [3.63, 3.8) is 0 Å². The second-order valence-corrected chi connectivity index (χ2v) is 4.74. The van der Waals surface area contributed by atoms with Gasteiger partial charge >= 0.3 is 0 Å². The molecule has 0 spiro atoms. The van der Waals surface area contributed by atoms with E-state index < -0.39 is 0 Å². The van der Waals surface area contributed by atoms with Crippen molar-refractivity contribution in [2.24, 2.45) is 0 Å². The Morgan fingerprint density at radius 3 is 3.07 bits per heavy atom. The Morgan fingerprint density at radius 2 is 2.50 bits per heavy atom. The number of amides is 1. The molecule has 1 heterocycles. The minimum absolute atomic E-state index is 0.0588. The van der Waals surface area contributed by atoms with Crippen molar-refractivity contribution < 1.29 is 4.79 Å². The van der Waals surface area contributed by atoms with Crippen LogP contribution in [0.2, 0.25) is 0 Å². The molecule has 0 aliphatic carbocycles. The minimum atomic E-state index is -0.0938. The van der Waals surface area contributed by atoms with E-state index in [4.69, 9.17) is 5.26 Å². The molecule has 0 saturated carbocycles. The second kappa shape index (κ2) is 5.03. The summed E-state index contributed by atoms with van der Waals surface area (Å²) < 4.78 is 0. The normalized spacial score (nSPS) is 11.8. The number of hydrogen-bond donors (Lipinski definition) is 1. The third kappa shape index (κ3) is 2.50. The van der Waals surface area contributed by atoms with Crippen LogP contribution in [0.3, 0.4) is 0 Å². The first-order valence-electron chi connectivity index (χ1n) is 4.00. The van der Waals surface area contributed by atoms with Gasteiger partial charge in [0.1, 0.15) is 11.1 Å². The lowest BCUT2D eigenvalue weighted by Gasteiger charge is -2.07. The van der Waals surface area contributed by atoms with Gasteiger partial charge in [-0.2, -0.15) is 17.0 Å². The largest absolute Gasteiger partial charge is 0.316 e. The molecule has 0 radical (unpaired) electrons. The standard InChI is InChI=1S/C9H10N2OS2/c1-6(13-2)8(12)11-9-7(5-10)3-4-14-9/h3-4,6H,1-2H3,(H,11,12). The summed E-state index contributed by atoms with van der Waals surface area (Å²) in [5.41, 5.74) is 0.525. The molecule has 1 amide bonds. The quantitative estimate of drug-likeness (QED) is 0.860. The summed E-state index contributed by atoms with van der Waals surface area (Å²) in [4.78, 5) is 11.5. The van der Waals surface area contributed by atoms with Crippen LogP contribution in [0, 0.1) is 11.3 Å². The van der Waals surface area contributed by atoms with E-state index in [0.717, 1.165) is 0 Å². The van der Waals surface area contributed by atoms with Gasteiger partial charge in [0, 0.05) is 0 Å². The van der Waals surface area contributed by atoms with Crippen LogP contribution in [-0.4, -0.2) is 17.4 Å². The van der Waals surface area contributed by atoms with Crippen LogP contribution in [0.15, 0.2) is 11.4 Å².